The minimum absolute atomic E-state index is 0.146. The molecule has 10 nitrogen and oxygen atoms in total. The van der Waals surface area contributed by atoms with E-state index in [1.807, 2.05) is 85.4 Å². The summed E-state index contributed by atoms with van der Waals surface area (Å²) >= 11 is 6.10. The van der Waals surface area contributed by atoms with Crippen molar-refractivity contribution in [2.45, 2.75) is 64.1 Å². The quantitative estimate of drug-likeness (QED) is 0.0784. The van der Waals surface area contributed by atoms with Crippen molar-refractivity contribution in [3.8, 4) is 11.5 Å². The minimum atomic E-state index is -2.61. The van der Waals surface area contributed by atoms with Gasteiger partial charge in [-0.3, -0.25) is 0 Å². The molecular formula is C28H48N5O5P5S. The Balaban J connectivity index is 1.66. The van der Waals surface area contributed by atoms with Crippen LogP contribution in [-0.4, -0.2) is 42.6 Å². The summed E-state index contributed by atoms with van der Waals surface area (Å²) in [4.78, 5) is 0. The Bertz CT molecular complexity index is 1260. The molecule has 5 atom stereocenters. The maximum atomic E-state index is 6.61. The van der Waals surface area contributed by atoms with Crippen LogP contribution in [-0.2, 0) is 25.4 Å². The van der Waals surface area contributed by atoms with Crippen LogP contribution in [0.15, 0.2) is 59.4 Å². The number of nitrogens with zero attached hydrogens (tertiary/aromatic N) is 2. The molecule has 5 unspecified atom stereocenters. The molecule has 246 valence electrons. The molecule has 2 aromatic rings. The molecule has 1 fully saturated rings. The predicted octanol–water partition coefficient (Wildman–Crippen LogP) is 8.24. The van der Waals surface area contributed by atoms with E-state index < -0.39 is 40.7 Å². The van der Waals surface area contributed by atoms with Crippen LogP contribution in [0.2, 0.25) is 0 Å². The largest absolute Gasteiger partial charge is 0.307 e. The summed E-state index contributed by atoms with van der Waals surface area (Å²) in [5.74, 6) is 3.40. The van der Waals surface area contributed by atoms with Crippen LogP contribution in [0.5, 0.6) is 11.5 Å². The van der Waals surface area contributed by atoms with Gasteiger partial charge in [0.1, 0.15) is 11.1 Å². The number of benzene rings is 2. The van der Waals surface area contributed by atoms with Crippen LogP contribution in [0, 0.1) is 0 Å². The van der Waals surface area contributed by atoms with E-state index in [2.05, 4.69) is 20.8 Å². The van der Waals surface area contributed by atoms with E-state index in [1.165, 1.54) is 0 Å². The van der Waals surface area contributed by atoms with Crippen molar-refractivity contribution in [1.82, 2.24) is 4.78 Å². The first-order valence-electron chi connectivity index (χ1n) is 14.5. The molecule has 0 radical (unpaired) electrons. The van der Waals surface area contributed by atoms with Crippen LogP contribution < -0.4 is 26.0 Å². The zero-order valence-electron chi connectivity index (χ0n) is 26.4. The molecule has 1 aliphatic rings. The van der Waals surface area contributed by atoms with Gasteiger partial charge >= 0.3 is 161 Å². The molecule has 44 heavy (non-hydrogen) atoms. The molecule has 0 amide bonds. The summed E-state index contributed by atoms with van der Waals surface area (Å²) in [6, 6.07) is 15.8. The van der Waals surface area contributed by atoms with Gasteiger partial charge in [0.15, 0.2) is 0 Å². The van der Waals surface area contributed by atoms with Crippen molar-refractivity contribution >= 4 is 62.5 Å². The fraction of sp³-hybridized carbons (Fsp3) is 0.464. The molecule has 0 aromatic heterocycles. The summed E-state index contributed by atoms with van der Waals surface area (Å²) in [6.45, 7) is 7.02. The van der Waals surface area contributed by atoms with E-state index in [0.717, 1.165) is 48.3 Å². The van der Waals surface area contributed by atoms with Crippen molar-refractivity contribution in [3.63, 3.8) is 0 Å². The first-order valence-corrected chi connectivity index (χ1v) is 24.3. The van der Waals surface area contributed by atoms with E-state index in [4.69, 9.17) is 56.5 Å². The van der Waals surface area contributed by atoms with E-state index in [9.17, 15) is 0 Å². The zero-order chi connectivity index (χ0) is 32.4. The predicted molar refractivity (Wildman–Crippen MR) is 198 cm³/mol. The van der Waals surface area contributed by atoms with Gasteiger partial charge in [0, 0.05) is 7.45 Å². The summed E-state index contributed by atoms with van der Waals surface area (Å²) in [5, 5.41) is 3.68. The normalized spacial score (nSPS) is 19.4. The second-order valence-corrected chi connectivity index (χ2v) is 24.8. The summed E-state index contributed by atoms with van der Waals surface area (Å²) < 4.78 is 31.3. The van der Waals surface area contributed by atoms with Crippen molar-refractivity contribution in [3.05, 3.63) is 65.5 Å². The maximum absolute atomic E-state index is 6.61. The van der Waals surface area contributed by atoms with Gasteiger partial charge in [0.25, 0.3) is 0 Å². The molecule has 1 saturated heterocycles. The Kier molecular flexibility index (Phi) is 15.1. The Hall–Kier alpha value is -0.620. The van der Waals surface area contributed by atoms with E-state index >= 15 is 0 Å². The van der Waals surface area contributed by atoms with E-state index in [0.29, 0.717) is 0 Å². The number of hydrogen-bond acceptors (Lipinski definition) is 10. The van der Waals surface area contributed by atoms with Crippen molar-refractivity contribution < 1.29 is 23.0 Å². The Labute approximate surface area is 273 Å². The van der Waals surface area contributed by atoms with Crippen LogP contribution in [0.25, 0.3) is 6.08 Å². The first-order chi connectivity index (χ1) is 21.0. The molecule has 3 rings (SSSR count). The van der Waals surface area contributed by atoms with Crippen molar-refractivity contribution in [2.75, 3.05) is 21.0 Å². The Morgan fingerprint density at radius 3 is 2.09 bits per heavy atom. The van der Waals surface area contributed by atoms with E-state index in [1.54, 1.807) is 7.11 Å². The molecule has 16 heteroatoms. The average molecular weight is 722 g/mol. The second kappa shape index (κ2) is 17.5. The standard InChI is InChI=1S/C28H48N5O5P5S/c1-7-19-27(4,40(30)42(31)39-29)37-25-16-12-24(13-17-25)21-32-33(5)41(44)28(8-2,9-3)38-26-14-10-23(11-15-26)18-20-43(34-6)35-22-36-43/h10-18,20-21,39,41,43H,7-9,19,22,29-31H2,1-6H3/b20-18+,32-21+. The van der Waals surface area contributed by atoms with Crippen molar-refractivity contribution in [1.29, 1.82) is 0 Å². The molecule has 0 spiro atoms. The van der Waals surface area contributed by atoms with Gasteiger partial charge in [-0.2, -0.15) is 0 Å². The van der Waals surface area contributed by atoms with E-state index in [-0.39, 0.29) is 15.2 Å². The average Bonchev–Trinajstić information content (AvgIpc) is 3.02. The number of ether oxygens (including phenoxy) is 2. The maximum Gasteiger partial charge on any atom is 0.0510 e. The van der Waals surface area contributed by atoms with Crippen LogP contribution in [0.3, 0.4) is 0 Å². The molecule has 0 saturated carbocycles. The summed E-state index contributed by atoms with van der Waals surface area (Å²) in [7, 11) is -0.911. The van der Waals surface area contributed by atoms with Crippen LogP contribution in [0.4, 0.5) is 0 Å². The van der Waals surface area contributed by atoms with Gasteiger partial charge < -0.3 is 21.2 Å². The number of hydrazone groups is 1. The van der Waals surface area contributed by atoms with Gasteiger partial charge in [0.2, 0.25) is 0 Å². The topological polar surface area (TPSA) is 140 Å². The molecule has 0 bridgehead atoms. The van der Waals surface area contributed by atoms with Gasteiger partial charge in [0.05, 0.1) is 7.76 Å². The minimum Gasteiger partial charge on any atom is -0.307 e. The monoisotopic (exact) mass is 721 g/mol. The molecule has 0 aliphatic carbocycles. The van der Waals surface area contributed by atoms with Gasteiger partial charge in [-0.1, -0.05) is 13.3 Å². The number of rotatable bonds is 18. The zero-order valence-corrected chi connectivity index (χ0v) is 32.0. The summed E-state index contributed by atoms with van der Waals surface area (Å²) in [6.07, 6.45) is 7.06. The Morgan fingerprint density at radius 1 is 1.05 bits per heavy atom. The summed E-state index contributed by atoms with van der Waals surface area (Å²) in [5.41, 5.74) is 20.6. The smallest absolute Gasteiger partial charge is 0.0510 e. The van der Waals surface area contributed by atoms with Crippen molar-refractivity contribution in [2.24, 2.45) is 21.6 Å². The van der Waals surface area contributed by atoms with Gasteiger partial charge in [-0.15, -0.1) is 0 Å². The van der Waals surface area contributed by atoms with Gasteiger partial charge in [-0.05, 0) is 51.6 Å². The third-order valence-electron chi connectivity index (χ3n) is 7.46. The van der Waals surface area contributed by atoms with Crippen LogP contribution in [0.1, 0.15) is 64.5 Å². The fourth-order valence-electron chi connectivity index (χ4n) is 4.61. The molecule has 1 heterocycles. The number of nitrogens with two attached hydrogens (primary N) is 3. The molecule has 6 N–H and O–H groups in total. The van der Waals surface area contributed by atoms with Gasteiger partial charge in [-0.25, -0.2) is 0 Å². The fourth-order valence-corrected chi connectivity index (χ4v) is 15.0. The third kappa shape index (κ3) is 9.71. The molecule has 1 aliphatic heterocycles. The Morgan fingerprint density at radius 2 is 1.61 bits per heavy atom. The molecule has 2 aromatic carbocycles. The third-order valence-corrected chi connectivity index (χ3v) is 22.3. The first kappa shape index (κ1) is 37.8. The second-order valence-electron chi connectivity index (χ2n) is 10.4. The van der Waals surface area contributed by atoms with Crippen LogP contribution >= 0.6 is 38.4 Å². The SMILES string of the molecule is CCCC(C)(Oc1ccc(/C=N/N(C)[PH](=S)C(CC)(CC)Oc2ccc(/C=C/[PH]3(OC)OCO3)cc2)cc1)P(N)P(N)PN. The molecular weight excluding hydrogens is 673 g/mol. The number of hydrogen-bond donors (Lipinski definition) is 3.